The number of benzene rings is 2. The molecule has 2 aromatic rings. The summed E-state index contributed by atoms with van der Waals surface area (Å²) in [7, 11) is 3.10. The van der Waals surface area contributed by atoms with Gasteiger partial charge < -0.3 is 24.4 Å². The molecule has 0 spiro atoms. The Morgan fingerprint density at radius 1 is 0.969 bits per heavy atom. The van der Waals surface area contributed by atoms with Gasteiger partial charge in [0, 0.05) is 30.8 Å². The fourth-order valence-electron chi connectivity index (χ4n) is 3.28. The summed E-state index contributed by atoms with van der Waals surface area (Å²) in [5, 5.41) is 2.92. The number of rotatable bonds is 11. The number of aryl methyl sites for hydroxylation is 1. The summed E-state index contributed by atoms with van der Waals surface area (Å²) in [6, 6.07) is 12.4. The fraction of sp³-hybridized carbons (Fsp3) is 0.440. The Morgan fingerprint density at radius 2 is 1.53 bits per heavy atom. The third-order valence-corrected chi connectivity index (χ3v) is 4.98. The Morgan fingerprint density at radius 3 is 2.03 bits per heavy atom. The second-order valence-electron chi connectivity index (χ2n) is 7.93. The first-order valence-corrected chi connectivity index (χ1v) is 10.8. The number of ether oxygens (including phenoxy) is 3. The highest BCUT2D eigenvalue weighted by molar-refractivity contribution is 5.88. The Bertz CT molecular complexity index is 873. The molecule has 7 nitrogen and oxygen atoms in total. The van der Waals surface area contributed by atoms with Crippen molar-refractivity contribution >= 4 is 11.8 Å². The third kappa shape index (κ3) is 7.18. The Labute approximate surface area is 190 Å². The molecule has 32 heavy (non-hydrogen) atoms. The van der Waals surface area contributed by atoms with Crippen molar-refractivity contribution in [2.45, 2.75) is 52.7 Å². The number of amides is 2. The van der Waals surface area contributed by atoms with Gasteiger partial charge in [-0.2, -0.15) is 0 Å². The van der Waals surface area contributed by atoms with E-state index in [-0.39, 0.29) is 24.5 Å². The second kappa shape index (κ2) is 12.0. The van der Waals surface area contributed by atoms with Crippen LogP contribution in [0, 0.1) is 6.92 Å². The van der Waals surface area contributed by atoms with Crippen molar-refractivity contribution in [3.8, 4) is 17.2 Å². The molecule has 0 aliphatic carbocycles. The highest BCUT2D eigenvalue weighted by Crippen LogP contribution is 2.27. The van der Waals surface area contributed by atoms with Crippen LogP contribution >= 0.6 is 0 Å². The van der Waals surface area contributed by atoms with Crippen molar-refractivity contribution in [2.24, 2.45) is 0 Å². The molecule has 7 heteroatoms. The number of carbonyl (C=O) groups excluding carboxylic acids is 2. The van der Waals surface area contributed by atoms with Crippen molar-refractivity contribution in [1.82, 2.24) is 10.2 Å². The predicted molar refractivity (Wildman–Crippen MR) is 124 cm³/mol. The maximum absolute atomic E-state index is 13.2. The van der Waals surface area contributed by atoms with Crippen LogP contribution in [0.15, 0.2) is 42.5 Å². The first kappa shape index (κ1) is 25.0. The molecule has 0 saturated carbocycles. The minimum absolute atomic E-state index is 0.0200. The van der Waals surface area contributed by atoms with Gasteiger partial charge in [0.25, 0.3) is 5.91 Å². The molecule has 174 valence electrons. The third-order valence-electron chi connectivity index (χ3n) is 4.98. The Kier molecular flexibility index (Phi) is 9.38. The minimum Gasteiger partial charge on any atom is -0.496 e. The summed E-state index contributed by atoms with van der Waals surface area (Å²) in [5.41, 5.74) is 2.08. The number of hydrogen-bond donors (Lipinski definition) is 1. The van der Waals surface area contributed by atoms with E-state index >= 15 is 0 Å². The molecule has 0 bridgehead atoms. The zero-order chi connectivity index (χ0) is 23.7. The molecule has 0 aliphatic heterocycles. The molecule has 1 atom stereocenters. The lowest BCUT2D eigenvalue weighted by atomic mass is 10.1. The Balaban J connectivity index is 2.24. The predicted octanol–water partition coefficient (Wildman–Crippen LogP) is 3.72. The molecule has 2 rings (SSSR count). The van der Waals surface area contributed by atoms with Gasteiger partial charge in [0.2, 0.25) is 5.91 Å². The van der Waals surface area contributed by atoms with Gasteiger partial charge in [-0.15, -0.1) is 0 Å². The minimum atomic E-state index is -0.602. The van der Waals surface area contributed by atoms with Gasteiger partial charge in [0.15, 0.2) is 6.61 Å². The lowest BCUT2D eigenvalue weighted by Crippen LogP contribution is -2.51. The summed E-state index contributed by atoms with van der Waals surface area (Å²) in [6.45, 7) is 7.80. The van der Waals surface area contributed by atoms with Gasteiger partial charge in [-0.05, 0) is 32.8 Å². The first-order valence-electron chi connectivity index (χ1n) is 10.8. The van der Waals surface area contributed by atoms with Crippen molar-refractivity contribution in [3.63, 3.8) is 0 Å². The van der Waals surface area contributed by atoms with E-state index in [1.807, 2.05) is 52.0 Å². The summed E-state index contributed by atoms with van der Waals surface area (Å²) >= 11 is 0. The largest absolute Gasteiger partial charge is 0.496 e. The SMILES string of the molecule is CCC(C(=O)NC(C)C)N(Cc1ccc(C)cc1)C(=O)COc1cc(OC)cc(OC)c1. The topological polar surface area (TPSA) is 77.1 Å². The maximum atomic E-state index is 13.2. The number of carbonyl (C=O) groups is 2. The molecule has 1 N–H and O–H groups in total. The normalized spacial score (nSPS) is 11.6. The number of hydrogen-bond acceptors (Lipinski definition) is 5. The number of methoxy groups -OCH3 is 2. The Hall–Kier alpha value is -3.22. The van der Waals surface area contributed by atoms with Gasteiger partial charge in [-0.3, -0.25) is 9.59 Å². The molecule has 0 saturated heterocycles. The summed E-state index contributed by atoms with van der Waals surface area (Å²) < 4.78 is 16.3. The smallest absolute Gasteiger partial charge is 0.261 e. The van der Waals surface area contributed by atoms with Crippen molar-refractivity contribution in [2.75, 3.05) is 20.8 Å². The molecule has 0 fully saturated rings. The van der Waals surface area contributed by atoms with Gasteiger partial charge >= 0.3 is 0 Å². The second-order valence-corrected chi connectivity index (χ2v) is 7.93. The molecule has 2 aromatic carbocycles. The zero-order valence-corrected chi connectivity index (χ0v) is 19.8. The van der Waals surface area contributed by atoms with E-state index in [0.29, 0.717) is 30.2 Å². The molecule has 0 heterocycles. The van der Waals surface area contributed by atoms with Crippen LogP contribution in [0.25, 0.3) is 0 Å². The van der Waals surface area contributed by atoms with Crippen LogP contribution in [0.4, 0.5) is 0 Å². The van der Waals surface area contributed by atoms with Crippen LogP contribution < -0.4 is 19.5 Å². The van der Waals surface area contributed by atoms with Crippen LogP contribution in [-0.2, 0) is 16.1 Å². The van der Waals surface area contributed by atoms with Crippen molar-refractivity contribution in [1.29, 1.82) is 0 Å². The first-order chi connectivity index (χ1) is 15.3. The quantitative estimate of drug-likeness (QED) is 0.574. The summed E-state index contributed by atoms with van der Waals surface area (Å²) in [4.78, 5) is 27.7. The summed E-state index contributed by atoms with van der Waals surface area (Å²) in [6.07, 6.45) is 0.489. The average molecular weight is 443 g/mol. The standard InChI is InChI=1S/C25H34N2O5/c1-7-23(25(29)26-17(2)3)27(15-19-10-8-18(4)9-11-19)24(28)16-32-22-13-20(30-5)12-21(14-22)31-6/h8-14,17,23H,7,15-16H2,1-6H3,(H,26,29). The monoisotopic (exact) mass is 442 g/mol. The molecule has 0 aromatic heterocycles. The summed E-state index contributed by atoms with van der Waals surface area (Å²) in [5.74, 6) is 1.12. The van der Waals surface area contributed by atoms with E-state index in [4.69, 9.17) is 14.2 Å². The van der Waals surface area contributed by atoms with Crippen LogP contribution in [0.3, 0.4) is 0 Å². The van der Waals surface area contributed by atoms with Crippen LogP contribution in [0.2, 0.25) is 0 Å². The molecule has 1 unspecified atom stereocenters. The van der Waals surface area contributed by atoms with E-state index in [1.54, 1.807) is 37.3 Å². The molecular formula is C25H34N2O5. The van der Waals surface area contributed by atoms with E-state index in [2.05, 4.69) is 5.32 Å². The fourth-order valence-corrected chi connectivity index (χ4v) is 3.28. The molecular weight excluding hydrogens is 408 g/mol. The van der Waals surface area contributed by atoms with Crippen molar-refractivity contribution in [3.05, 3.63) is 53.6 Å². The number of nitrogens with one attached hydrogen (secondary N) is 1. The lowest BCUT2D eigenvalue weighted by molar-refractivity contribution is -0.143. The van der Waals surface area contributed by atoms with Gasteiger partial charge in [-0.25, -0.2) is 0 Å². The van der Waals surface area contributed by atoms with Crippen LogP contribution in [-0.4, -0.2) is 49.6 Å². The zero-order valence-electron chi connectivity index (χ0n) is 19.8. The van der Waals surface area contributed by atoms with E-state index in [9.17, 15) is 9.59 Å². The van der Waals surface area contributed by atoms with Crippen molar-refractivity contribution < 1.29 is 23.8 Å². The van der Waals surface area contributed by atoms with E-state index in [0.717, 1.165) is 11.1 Å². The number of nitrogens with zero attached hydrogens (tertiary/aromatic N) is 1. The van der Waals surface area contributed by atoms with E-state index in [1.165, 1.54) is 0 Å². The van der Waals surface area contributed by atoms with Gasteiger partial charge in [0.1, 0.15) is 23.3 Å². The maximum Gasteiger partial charge on any atom is 0.261 e. The molecule has 0 radical (unpaired) electrons. The average Bonchev–Trinajstić information content (AvgIpc) is 2.77. The van der Waals surface area contributed by atoms with Crippen LogP contribution in [0.5, 0.6) is 17.2 Å². The molecule has 2 amide bonds. The van der Waals surface area contributed by atoms with E-state index < -0.39 is 6.04 Å². The van der Waals surface area contributed by atoms with Gasteiger partial charge in [0.05, 0.1) is 14.2 Å². The highest BCUT2D eigenvalue weighted by Gasteiger charge is 2.29. The van der Waals surface area contributed by atoms with Gasteiger partial charge in [-0.1, -0.05) is 36.8 Å². The highest BCUT2D eigenvalue weighted by atomic mass is 16.5. The molecule has 0 aliphatic rings. The lowest BCUT2D eigenvalue weighted by Gasteiger charge is -2.31. The van der Waals surface area contributed by atoms with Crippen LogP contribution in [0.1, 0.15) is 38.3 Å².